The lowest BCUT2D eigenvalue weighted by molar-refractivity contribution is 0.482. The maximum Gasteiger partial charge on any atom is 0.174 e. The molecule has 2 atom stereocenters. The van der Waals surface area contributed by atoms with Crippen molar-refractivity contribution in [1.82, 2.24) is 14.9 Å². The van der Waals surface area contributed by atoms with Crippen LogP contribution >= 0.6 is 12.2 Å². The van der Waals surface area contributed by atoms with Gasteiger partial charge in [-0.15, -0.1) is 0 Å². The molecule has 0 aliphatic carbocycles. The normalized spacial score (nSPS) is 17.0. The van der Waals surface area contributed by atoms with Crippen LogP contribution in [0.3, 0.4) is 0 Å². The standard InChI is InChI=1S/C31H26N4OS/c1-22-10-5-6-14-27(22)34-21-9-15-28(34)30-29(26-13-7-8-20-32-26)33-31(37)35(30)23-16-18-25(19-17-23)36-24-11-3-2-4-12-24/h2-21,29-30H,1H3,(H,33,37)/t29-,30+/m0/s1. The molecule has 0 amide bonds. The molecule has 1 aliphatic heterocycles. The lowest BCUT2D eigenvalue weighted by Crippen LogP contribution is -2.30. The molecule has 2 aromatic heterocycles. The molecule has 5 aromatic rings. The number of rotatable bonds is 6. The molecule has 0 spiro atoms. The number of ether oxygens (including phenoxy) is 1. The molecule has 5 nitrogen and oxygen atoms in total. The third kappa shape index (κ3) is 4.47. The Morgan fingerprint density at radius 1 is 0.784 bits per heavy atom. The summed E-state index contributed by atoms with van der Waals surface area (Å²) in [5.41, 5.74) is 5.41. The summed E-state index contributed by atoms with van der Waals surface area (Å²) in [5.74, 6) is 1.58. The van der Waals surface area contributed by atoms with Gasteiger partial charge in [-0.05, 0) is 91.4 Å². The number of nitrogens with one attached hydrogen (secondary N) is 1. The molecule has 3 heterocycles. The summed E-state index contributed by atoms with van der Waals surface area (Å²) >= 11 is 5.92. The Bertz CT molecular complexity index is 1520. The molecule has 1 aliphatic rings. The highest BCUT2D eigenvalue weighted by Gasteiger charge is 2.42. The molecule has 0 bridgehead atoms. The molecule has 0 unspecified atom stereocenters. The molecule has 3 aromatic carbocycles. The van der Waals surface area contributed by atoms with E-state index in [4.69, 9.17) is 17.0 Å². The zero-order chi connectivity index (χ0) is 25.2. The van der Waals surface area contributed by atoms with Crippen LogP contribution in [-0.4, -0.2) is 14.7 Å². The van der Waals surface area contributed by atoms with Gasteiger partial charge in [0.25, 0.3) is 0 Å². The van der Waals surface area contributed by atoms with Crippen molar-refractivity contribution in [2.45, 2.75) is 19.0 Å². The van der Waals surface area contributed by atoms with Crippen LogP contribution in [0, 0.1) is 6.92 Å². The average Bonchev–Trinajstić information content (AvgIpc) is 3.55. The van der Waals surface area contributed by atoms with Gasteiger partial charge in [-0.1, -0.05) is 42.5 Å². The summed E-state index contributed by atoms with van der Waals surface area (Å²) in [6.45, 7) is 2.14. The van der Waals surface area contributed by atoms with Crippen molar-refractivity contribution < 1.29 is 4.74 Å². The van der Waals surface area contributed by atoms with Gasteiger partial charge in [0, 0.05) is 29.5 Å². The van der Waals surface area contributed by atoms with Crippen LogP contribution < -0.4 is 15.0 Å². The van der Waals surface area contributed by atoms with Crippen LogP contribution in [-0.2, 0) is 0 Å². The quantitative estimate of drug-likeness (QED) is 0.250. The number of anilines is 1. The molecule has 1 saturated heterocycles. The van der Waals surface area contributed by atoms with Gasteiger partial charge in [-0.2, -0.15) is 0 Å². The highest BCUT2D eigenvalue weighted by atomic mass is 32.1. The van der Waals surface area contributed by atoms with E-state index in [1.807, 2.05) is 60.8 Å². The molecule has 37 heavy (non-hydrogen) atoms. The van der Waals surface area contributed by atoms with Crippen molar-refractivity contribution in [3.63, 3.8) is 0 Å². The Labute approximate surface area is 222 Å². The molecular formula is C31H26N4OS. The van der Waals surface area contributed by atoms with E-state index in [-0.39, 0.29) is 12.1 Å². The van der Waals surface area contributed by atoms with Crippen LogP contribution in [0.25, 0.3) is 5.69 Å². The first-order chi connectivity index (χ1) is 18.2. The predicted octanol–water partition coefficient (Wildman–Crippen LogP) is 7.15. The summed E-state index contributed by atoms with van der Waals surface area (Å²) in [6.07, 6.45) is 3.94. The van der Waals surface area contributed by atoms with Crippen LogP contribution in [0.2, 0.25) is 0 Å². The largest absolute Gasteiger partial charge is 0.457 e. The van der Waals surface area contributed by atoms with E-state index in [1.165, 1.54) is 5.56 Å². The first-order valence-electron chi connectivity index (χ1n) is 12.3. The number of nitrogens with zero attached hydrogens (tertiary/aromatic N) is 3. The van der Waals surface area contributed by atoms with Crippen molar-refractivity contribution in [2.75, 3.05) is 4.90 Å². The number of thiocarbonyl (C=S) groups is 1. The molecule has 1 N–H and O–H groups in total. The van der Waals surface area contributed by atoms with Crippen molar-refractivity contribution in [1.29, 1.82) is 0 Å². The first kappa shape index (κ1) is 23.0. The summed E-state index contributed by atoms with van der Waals surface area (Å²) in [4.78, 5) is 6.87. The minimum absolute atomic E-state index is 0.113. The zero-order valence-electron chi connectivity index (χ0n) is 20.4. The van der Waals surface area contributed by atoms with E-state index in [0.29, 0.717) is 5.11 Å². The van der Waals surface area contributed by atoms with Crippen molar-refractivity contribution in [3.05, 3.63) is 139 Å². The topological polar surface area (TPSA) is 42.3 Å². The highest BCUT2D eigenvalue weighted by molar-refractivity contribution is 7.80. The van der Waals surface area contributed by atoms with E-state index in [0.717, 1.165) is 34.3 Å². The van der Waals surface area contributed by atoms with E-state index in [1.54, 1.807) is 0 Å². The second-order valence-electron chi connectivity index (χ2n) is 9.00. The van der Waals surface area contributed by atoms with Crippen molar-refractivity contribution in [2.24, 2.45) is 0 Å². The lowest BCUT2D eigenvalue weighted by atomic mass is 10.0. The van der Waals surface area contributed by atoms with Gasteiger partial charge in [0.05, 0.1) is 11.7 Å². The molecule has 182 valence electrons. The maximum atomic E-state index is 6.02. The second-order valence-corrected chi connectivity index (χ2v) is 9.38. The third-order valence-corrected chi connectivity index (χ3v) is 6.96. The van der Waals surface area contributed by atoms with Gasteiger partial charge in [0.15, 0.2) is 5.11 Å². The molecular weight excluding hydrogens is 476 g/mol. The second kappa shape index (κ2) is 9.91. The molecule has 0 saturated carbocycles. The first-order valence-corrected chi connectivity index (χ1v) is 12.7. The van der Waals surface area contributed by atoms with Gasteiger partial charge in [0.2, 0.25) is 0 Å². The number of para-hydroxylation sites is 2. The highest BCUT2D eigenvalue weighted by Crippen LogP contribution is 2.42. The smallest absolute Gasteiger partial charge is 0.174 e. The van der Waals surface area contributed by atoms with Crippen LogP contribution in [0.1, 0.15) is 29.0 Å². The Balaban J connectivity index is 1.41. The number of aryl methyl sites for hydroxylation is 1. The fourth-order valence-electron chi connectivity index (χ4n) is 4.92. The van der Waals surface area contributed by atoms with Crippen molar-refractivity contribution >= 4 is 23.0 Å². The summed E-state index contributed by atoms with van der Waals surface area (Å²) in [6, 6.07) is 36.3. The minimum atomic E-state index is -0.119. The minimum Gasteiger partial charge on any atom is -0.457 e. The van der Waals surface area contributed by atoms with E-state index >= 15 is 0 Å². The van der Waals surface area contributed by atoms with Crippen LogP contribution in [0.5, 0.6) is 11.5 Å². The summed E-state index contributed by atoms with van der Waals surface area (Å²) < 4.78 is 8.28. The predicted molar refractivity (Wildman–Crippen MR) is 151 cm³/mol. The fourth-order valence-corrected chi connectivity index (χ4v) is 5.27. The number of pyridine rings is 1. The average molecular weight is 503 g/mol. The monoisotopic (exact) mass is 502 g/mol. The van der Waals surface area contributed by atoms with Crippen molar-refractivity contribution in [3.8, 4) is 17.2 Å². The third-order valence-electron chi connectivity index (χ3n) is 6.65. The van der Waals surface area contributed by atoms with E-state index in [2.05, 4.69) is 87.5 Å². The van der Waals surface area contributed by atoms with Gasteiger partial charge >= 0.3 is 0 Å². The Hall–Kier alpha value is -4.42. The summed E-state index contributed by atoms with van der Waals surface area (Å²) in [5, 5.41) is 4.22. The number of hydrogen-bond acceptors (Lipinski definition) is 3. The van der Waals surface area contributed by atoms with Crippen LogP contribution in [0.4, 0.5) is 5.69 Å². The van der Waals surface area contributed by atoms with Gasteiger partial charge in [-0.3, -0.25) is 4.98 Å². The van der Waals surface area contributed by atoms with Gasteiger partial charge < -0.3 is 19.5 Å². The molecule has 6 heteroatoms. The van der Waals surface area contributed by atoms with Gasteiger partial charge in [-0.25, -0.2) is 0 Å². The Morgan fingerprint density at radius 3 is 2.27 bits per heavy atom. The molecule has 1 fully saturated rings. The molecule has 6 rings (SSSR count). The number of hydrogen-bond donors (Lipinski definition) is 1. The Morgan fingerprint density at radius 2 is 1.51 bits per heavy atom. The van der Waals surface area contributed by atoms with E-state index < -0.39 is 0 Å². The fraction of sp³-hybridized carbons (Fsp3) is 0.0968. The SMILES string of the molecule is Cc1ccccc1-n1cccc1[C@@H]1[C@H](c2ccccn2)NC(=S)N1c1ccc(Oc2ccccc2)cc1. The number of aromatic nitrogens is 2. The lowest BCUT2D eigenvalue weighted by Gasteiger charge is -2.29. The van der Waals surface area contributed by atoms with Crippen LogP contribution in [0.15, 0.2) is 122 Å². The number of benzene rings is 3. The molecule has 0 radical (unpaired) electrons. The van der Waals surface area contributed by atoms with E-state index in [9.17, 15) is 0 Å². The Kier molecular flexibility index (Phi) is 6.16. The van der Waals surface area contributed by atoms with Gasteiger partial charge in [0.1, 0.15) is 17.5 Å². The zero-order valence-corrected chi connectivity index (χ0v) is 21.2. The maximum absolute atomic E-state index is 6.02. The summed E-state index contributed by atoms with van der Waals surface area (Å²) in [7, 11) is 0.